The third kappa shape index (κ3) is 21.8. The monoisotopic (exact) mass is 1170 g/mol. The van der Waals surface area contributed by atoms with Gasteiger partial charge in [0, 0.05) is 70.1 Å². The van der Waals surface area contributed by atoms with Crippen LogP contribution in [0.5, 0.6) is 5.75 Å². The Labute approximate surface area is 480 Å². The fourth-order valence-electron chi connectivity index (χ4n) is 8.16. The number of nitrogens with zero attached hydrogens (tertiary/aromatic N) is 6. The fourth-order valence-corrected chi connectivity index (χ4v) is 9.57. The number of urea groups is 2. The standard InChI is InChI=1S/C29H33N5O8.C26H39N7O7S/c1-5-12-41-29(39)32-24(27(36)37)16-20-15-21(42-33-20)17-34(3)26(35)14-19-10-11-23(25(13-19)40-4)31-28(38)30-22-9-7-6-8-18(22)2;1-4-5-13-41(38,39)31-22(25(35)36)15-20-14-21(40-30-20)16-32(3)23(34)17-33-11-8-19(9-12-33)28-26(37)29-24-18(2)7-6-10-27-24/h5-11,13,15,24H,1,12,14,16-17H2,2-4H3,(H,32,39)(H,36,37)(H2,30,31,38);6-7,10,14,19,22,31H,4-5,8-9,11-13,15-17H2,1-3H3,(H,35,36)(H2,27,28,29,37). The minimum absolute atomic E-state index is 0.0125. The first-order chi connectivity index (χ1) is 39.5. The number of pyridine rings is 1. The van der Waals surface area contributed by atoms with Gasteiger partial charge in [-0.2, -0.15) is 0 Å². The summed E-state index contributed by atoms with van der Waals surface area (Å²) in [5.41, 5.74) is 4.11. The van der Waals surface area contributed by atoms with Crippen LogP contribution in [0.4, 0.5) is 31.6 Å². The molecule has 1 aliphatic heterocycles. The number of anilines is 3. The molecule has 3 aromatic heterocycles. The number of carbonyl (C=O) groups is 7. The van der Waals surface area contributed by atoms with E-state index >= 15 is 0 Å². The van der Waals surface area contributed by atoms with Crippen LogP contribution in [0.1, 0.15) is 72.2 Å². The highest BCUT2D eigenvalue weighted by Gasteiger charge is 2.28. The van der Waals surface area contributed by atoms with Crippen molar-refractivity contribution in [2.75, 3.05) is 69.1 Å². The molecule has 448 valence electrons. The quantitative estimate of drug-likeness (QED) is 0.0318. The van der Waals surface area contributed by atoms with Crippen molar-refractivity contribution in [3.63, 3.8) is 0 Å². The highest BCUT2D eigenvalue weighted by atomic mass is 32.2. The summed E-state index contributed by atoms with van der Waals surface area (Å²) < 4.78 is 47.2. The number of aromatic nitrogens is 3. The Bertz CT molecular complexity index is 3140. The second-order valence-electron chi connectivity index (χ2n) is 19.5. The predicted molar refractivity (Wildman–Crippen MR) is 304 cm³/mol. The molecule has 1 saturated heterocycles. The fraction of sp³-hybridized carbons (Fsp3) is 0.418. The zero-order valence-electron chi connectivity index (χ0n) is 47.1. The summed E-state index contributed by atoms with van der Waals surface area (Å²) in [4.78, 5) is 94.5. The number of likely N-dealkylation sites (N-methyl/N-ethyl adjacent to an activating group) is 2. The number of benzene rings is 2. The largest absolute Gasteiger partial charge is 0.495 e. The van der Waals surface area contributed by atoms with Gasteiger partial charge in [0.2, 0.25) is 21.8 Å². The number of alkyl carbamates (subject to hydrolysis) is 1. The SMILES string of the molecule is C=CCOC(=O)NC(Cc1cc(CN(C)C(=O)Cc2ccc(NC(=O)Nc3ccccc3C)c(OC)c2)on1)C(=O)O.CCCCS(=O)(=O)NC(Cc1cc(CN(C)C(=O)CN2CCC(NC(=O)Nc3ncccc3C)CC2)on1)C(=O)O. The van der Waals surface area contributed by atoms with Crippen LogP contribution in [-0.2, 0) is 66.3 Å². The zero-order chi connectivity index (χ0) is 60.6. The molecule has 2 unspecified atom stereocenters. The van der Waals surface area contributed by atoms with Crippen LogP contribution in [0.25, 0.3) is 0 Å². The number of sulfonamides is 1. The predicted octanol–water partition coefficient (Wildman–Crippen LogP) is 5.08. The molecule has 2 aromatic carbocycles. The Kier molecular flexibility index (Phi) is 25.0. The number of nitrogens with one attached hydrogen (secondary N) is 6. The van der Waals surface area contributed by atoms with Crippen molar-refractivity contribution in [2.24, 2.45) is 0 Å². The van der Waals surface area contributed by atoms with Gasteiger partial charge >= 0.3 is 30.1 Å². The number of carboxylic acids is 2. The van der Waals surface area contributed by atoms with E-state index in [2.05, 4.69) is 53.2 Å². The molecule has 4 heterocycles. The number of likely N-dealkylation sites (tertiary alicyclic amines) is 1. The summed E-state index contributed by atoms with van der Waals surface area (Å²) in [7, 11) is 0.941. The van der Waals surface area contributed by atoms with Crippen molar-refractivity contribution in [3.05, 3.63) is 125 Å². The lowest BCUT2D eigenvalue weighted by Gasteiger charge is -2.32. The van der Waals surface area contributed by atoms with Crippen LogP contribution >= 0.6 is 0 Å². The molecular weight excluding hydrogens is 1100 g/mol. The minimum Gasteiger partial charge on any atom is -0.495 e. The van der Waals surface area contributed by atoms with Gasteiger partial charge in [0.1, 0.15) is 30.3 Å². The van der Waals surface area contributed by atoms with E-state index in [9.17, 15) is 52.2 Å². The normalized spacial score (nSPS) is 13.2. The van der Waals surface area contributed by atoms with E-state index in [1.54, 1.807) is 50.6 Å². The van der Waals surface area contributed by atoms with Gasteiger partial charge in [0.05, 0.1) is 56.0 Å². The van der Waals surface area contributed by atoms with Crippen LogP contribution in [0, 0.1) is 13.8 Å². The topological polar surface area (TPSA) is 359 Å². The van der Waals surface area contributed by atoms with Gasteiger partial charge < -0.3 is 59.8 Å². The molecule has 27 nitrogen and oxygen atoms in total. The molecule has 8 N–H and O–H groups in total. The smallest absolute Gasteiger partial charge is 0.408 e. The van der Waals surface area contributed by atoms with Gasteiger partial charge in [-0.1, -0.05) is 66.6 Å². The number of unbranched alkanes of at least 4 members (excludes halogenated alkanes) is 1. The number of aliphatic carboxylic acids is 2. The summed E-state index contributed by atoms with van der Waals surface area (Å²) >= 11 is 0. The van der Waals surface area contributed by atoms with Crippen LogP contribution in [-0.4, -0.2) is 162 Å². The molecule has 0 radical (unpaired) electrons. The van der Waals surface area contributed by atoms with Crippen LogP contribution in [0.3, 0.4) is 0 Å². The van der Waals surface area contributed by atoms with E-state index in [-0.39, 0.29) is 86.5 Å². The van der Waals surface area contributed by atoms with Gasteiger partial charge in [-0.15, -0.1) is 0 Å². The summed E-state index contributed by atoms with van der Waals surface area (Å²) in [6.07, 6.45) is 4.26. The van der Waals surface area contributed by atoms with Crippen LogP contribution < -0.4 is 36.0 Å². The minimum atomic E-state index is -3.74. The van der Waals surface area contributed by atoms with Gasteiger partial charge in [-0.05, 0) is 74.1 Å². The molecule has 7 amide bonds. The molecule has 0 bridgehead atoms. The number of piperidine rings is 1. The average Bonchev–Trinajstić information content (AvgIpc) is 4.12. The van der Waals surface area contributed by atoms with Gasteiger partial charge in [0.15, 0.2) is 11.5 Å². The Morgan fingerprint density at radius 2 is 1.42 bits per heavy atom. The van der Waals surface area contributed by atoms with E-state index in [4.69, 9.17) is 18.5 Å². The molecule has 1 aliphatic rings. The highest BCUT2D eigenvalue weighted by Crippen LogP contribution is 2.27. The first kappa shape index (κ1) is 64.9. The number of amides is 7. The molecule has 0 saturated carbocycles. The van der Waals surface area contributed by atoms with Crippen molar-refractivity contribution in [3.8, 4) is 5.75 Å². The third-order valence-corrected chi connectivity index (χ3v) is 14.2. The third-order valence-electron chi connectivity index (χ3n) is 12.8. The second-order valence-corrected chi connectivity index (χ2v) is 21.4. The number of carbonyl (C=O) groups excluding carboxylic acids is 5. The maximum absolute atomic E-state index is 12.9. The summed E-state index contributed by atoms with van der Waals surface area (Å²) in [5.74, 6) is -1.52. The number of para-hydroxylation sites is 1. The second kappa shape index (κ2) is 31.9. The number of hydrogen-bond acceptors (Lipinski definition) is 17. The van der Waals surface area contributed by atoms with Crippen molar-refractivity contribution >= 4 is 69.1 Å². The summed E-state index contributed by atoms with van der Waals surface area (Å²) in [6.45, 7) is 10.6. The van der Waals surface area contributed by atoms with Crippen molar-refractivity contribution in [2.45, 2.75) is 96.9 Å². The van der Waals surface area contributed by atoms with E-state index in [0.717, 1.165) is 11.1 Å². The molecule has 0 spiro atoms. The molecule has 1 fully saturated rings. The van der Waals surface area contributed by atoms with Crippen molar-refractivity contribution < 1.29 is 70.7 Å². The lowest BCUT2D eigenvalue weighted by Crippen LogP contribution is -2.48. The Morgan fingerprint density at radius 3 is 2.02 bits per heavy atom. The summed E-state index contributed by atoms with van der Waals surface area (Å²) in [5, 5.41) is 40.1. The van der Waals surface area contributed by atoms with Gasteiger partial charge in [-0.25, -0.2) is 37.3 Å². The summed E-state index contributed by atoms with van der Waals surface area (Å²) in [6, 6.07) is 15.7. The Morgan fingerprint density at radius 1 is 0.807 bits per heavy atom. The lowest BCUT2D eigenvalue weighted by atomic mass is 10.1. The molecule has 0 aliphatic carbocycles. The van der Waals surface area contributed by atoms with E-state index in [0.29, 0.717) is 78.8 Å². The highest BCUT2D eigenvalue weighted by molar-refractivity contribution is 7.89. The van der Waals surface area contributed by atoms with Crippen LogP contribution in [0.15, 0.2) is 94.6 Å². The van der Waals surface area contributed by atoms with Gasteiger partial charge in [-0.3, -0.25) is 24.6 Å². The zero-order valence-corrected chi connectivity index (χ0v) is 48.0. The number of rotatable bonds is 27. The molecule has 2 atom stereocenters. The maximum Gasteiger partial charge on any atom is 0.408 e. The maximum atomic E-state index is 12.9. The number of carboxylic acid groups (broad SMARTS) is 2. The molecule has 5 aromatic rings. The first-order valence-corrected chi connectivity index (χ1v) is 28.1. The van der Waals surface area contributed by atoms with Crippen molar-refractivity contribution in [1.82, 2.24) is 45.4 Å². The molecule has 6 rings (SSSR count). The molecule has 28 heteroatoms. The molecule has 83 heavy (non-hydrogen) atoms. The number of hydrogen-bond donors (Lipinski definition) is 8. The Hall–Kier alpha value is -8.89. The Balaban J connectivity index is 0.000000304. The molecular formula is C55H72N12O15S. The van der Waals surface area contributed by atoms with Gasteiger partial charge in [0.25, 0.3) is 0 Å². The van der Waals surface area contributed by atoms with Crippen molar-refractivity contribution in [1.29, 1.82) is 0 Å². The van der Waals surface area contributed by atoms with Crippen LogP contribution in [0.2, 0.25) is 0 Å². The number of methoxy groups -OCH3 is 1. The van der Waals surface area contributed by atoms with E-state index < -0.39 is 46.2 Å². The van der Waals surface area contributed by atoms with E-state index in [1.807, 2.05) is 49.9 Å². The van der Waals surface area contributed by atoms with E-state index in [1.165, 1.54) is 35.1 Å². The number of ether oxygens (including phenoxy) is 2. The first-order valence-electron chi connectivity index (χ1n) is 26.4. The lowest BCUT2D eigenvalue weighted by molar-refractivity contribution is -0.140. The average molecular weight is 1170 g/mol. The number of aryl methyl sites for hydroxylation is 2.